The molecule has 6 rings (SSSR count). The van der Waals surface area contributed by atoms with Crippen molar-refractivity contribution in [2.75, 3.05) is 13.1 Å². The predicted molar refractivity (Wildman–Crippen MR) is 146 cm³/mol. The SMILES string of the molecule is O=C(c1ccccc1)c1ccccc1C(=O)N1CCC2(C=Cc3cc(-c4ccccc4)ccc3O2)CC1. The van der Waals surface area contributed by atoms with Crippen molar-refractivity contribution >= 4 is 17.8 Å². The molecule has 4 aromatic rings. The van der Waals surface area contributed by atoms with Crippen LogP contribution in [0, 0.1) is 0 Å². The summed E-state index contributed by atoms with van der Waals surface area (Å²) in [4.78, 5) is 28.5. The van der Waals surface area contributed by atoms with Crippen LogP contribution in [-0.4, -0.2) is 35.3 Å². The maximum atomic E-state index is 13.5. The van der Waals surface area contributed by atoms with Gasteiger partial charge >= 0.3 is 0 Å². The lowest BCUT2D eigenvalue weighted by molar-refractivity contribution is 0.0328. The Bertz CT molecular complexity index is 1480. The molecule has 0 aliphatic carbocycles. The molecular formula is C33H27NO3. The van der Waals surface area contributed by atoms with E-state index in [2.05, 4.69) is 36.4 Å². The second-order valence-electron chi connectivity index (χ2n) is 9.65. The molecule has 1 saturated heterocycles. The number of amides is 1. The van der Waals surface area contributed by atoms with Crippen molar-refractivity contribution in [1.29, 1.82) is 0 Å². The first-order chi connectivity index (χ1) is 18.1. The number of benzene rings is 4. The smallest absolute Gasteiger partial charge is 0.254 e. The zero-order valence-electron chi connectivity index (χ0n) is 20.5. The number of likely N-dealkylation sites (tertiary alicyclic amines) is 1. The molecule has 2 heterocycles. The zero-order valence-corrected chi connectivity index (χ0v) is 20.5. The molecule has 0 saturated carbocycles. The Balaban J connectivity index is 1.17. The van der Waals surface area contributed by atoms with Gasteiger partial charge in [-0.25, -0.2) is 0 Å². The second-order valence-corrected chi connectivity index (χ2v) is 9.65. The van der Waals surface area contributed by atoms with E-state index in [9.17, 15) is 9.59 Å². The van der Waals surface area contributed by atoms with Gasteiger partial charge < -0.3 is 9.64 Å². The fourth-order valence-corrected chi connectivity index (χ4v) is 5.22. The van der Waals surface area contributed by atoms with Gasteiger partial charge in [0.2, 0.25) is 0 Å². The normalized spacial score (nSPS) is 15.6. The third-order valence-corrected chi connectivity index (χ3v) is 7.33. The van der Waals surface area contributed by atoms with Crippen LogP contribution in [0.2, 0.25) is 0 Å². The predicted octanol–water partition coefficient (Wildman–Crippen LogP) is 6.67. The molecule has 0 bridgehead atoms. The Hall–Kier alpha value is -4.44. The van der Waals surface area contributed by atoms with Crippen LogP contribution in [0.3, 0.4) is 0 Å². The van der Waals surface area contributed by atoms with Gasteiger partial charge in [-0.1, -0.05) is 91.0 Å². The Kier molecular flexibility index (Phi) is 5.93. The first-order valence-corrected chi connectivity index (χ1v) is 12.7. The van der Waals surface area contributed by atoms with Crippen LogP contribution in [0.4, 0.5) is 0 Å². The summed E-state index contributed by atoms with van der Waals surface area (Å²) in [6.45, 7) is 1.13. The van der Waals surface area contributed by atoms with Gasteiger partial charge in [0.15, 0.2) is 5.78 Å². The minimum atomic E-state index is -0.419. The Labute approximate surface area is 216 Å². The molecule has 0 atom stereocenters. The van der Waals surface area contributed by atoms with E-state index in [4.69, 9.17) is 4.74 Å². The van der Waals surface area contributed by atoms with Crippen LogP contribution in [-0.2, 0) is 0 Å². The molecule has 37 heavy (non-hydrogen) atoms. The second kappa shape index (κ2) is 9.55. The molecule has 2 aliphatic heterocycles. The zero-order chi connectivity index (χ0) is 25.2. The number of carbonyl (C=O) groups is 2. The highest BCUT2D eigenvalue weighted by atomic mass is 16.5. The van der Waals surface area contributed by atoms with Crippen molar-refractivity contribution in [3.05, 3.63) is 131 Å². The van der Waals surface area contributed by atoms with Crippen molar-refractivity contribution in [2.45, 2.75) is 18.4 Å². The highest BCUT2D eigenvalue weighted by molar-refractivity contribution is 6.15. The van der Waals surface area contributed by atoms with Crippen molar-refractivity contribution in [2.24, 2.45) is 0 Å². The molecule has 2 aliphatic rings. The third-order valence-electron chi connectivity index (χ3n) is 7.33. The van der Waals surface area contributed by atoms with Gasteiger partial charge in [-0.2, -0.15) is 0 Å². The summed E-state index contributed by atoms with van der Waals surface area (Å²) in [7, 11) is 0. The summed E-state index contributed by atoms with van der Waals surface area (Å²) in [5.41, 5.74) is 4.46. The number of rotatable bonds is 4. The number of fused-ring (bicyclic) bond motifs is 1. The van der Waals surface area contributed by atoms with E-state index >= 15 is 0 Å². The first-order valence-electron chi connectivity index (χ1n) is 12.7. The molecule has 1 amide bonds. The van der Waals surface area contributed by atoms with Gasteiger partial charge in [0.1, 0.15) is 11.4 Å². The van der Waals surface area contributed by atoms with E-state index in [1.54, 1.807) is 30.3 Å². The maximum Gasteiger partial charge on any atom is 0.254 e. The highest BCUT2D eigenvalue weighted by Crippen LogP contribution is 2.39. The van der Waals surface area contributed by atoms with E-state index in [0.29, 0.717) is 42.6 Å². The van der Waals surface area contributed by atoms with E-state index in [-0.39, 0.29) is 11.7 Å². The minimum Gasteiger partial charge on any atom is -0.482 e. The van der Waals surface area contributed by atoms with E-state index in [0.717, 1.165) is 16.9 Å². The molecule has 4 heteroatoms. The third kappa shape index (κ3) is 4.47. The van der Waals surface area contributed by atoms with Gasteiger partial charge in [0.05, 0.1) is 5.56 Å². The summed E-state index contributed by atoms with van der Waals surface area (Å²) >= 11 is 0. The lowest BCUT2D eigenvalue weighted by atomic mass is 9.87. The van der Waals surface area contributed by atoms with Crippen LogP contribution < -0.4 is 4.74 Å². The van der Waals surface area contributed by atoms with Gasteiger partial charge in [-0.3, -0.25) is 9.59 Å². The molecule has 0 unspecified atom stereocenters. The van der Waals surface area contributed by atoms with Gasteiger partial charge in [0.25, 0.3) is 5.91 Å². The first kappa shape index (κ1) is 23.0. The Morgan fingerprint density at radius 2 is 1.35 bits per heavy atom. The molecule has 4 aromatic carbocycles. The monoisotopic (exact) mass is 485 g/mol. The van der Waals surface area contributed by atoms with Crippen molar-refractivity contribution in [3.63, 3.8) is 0 Å². The fourth-order valence-electron chi connectivity index (χ4n) is 5.22. The number of nitrogens with zero attached hydrogens (tertiary/aromatic N) is 1. The number of ether oxygens (including phenoxy) is 1. The average Bonchev–Trinajstić information content (AvgIpc) is 2.97. The van der Waals surface area contributed by atoms with Gasteiger partial charge in [0, 0.05) is 42.6 Å². The van der Waals surface area contributed by atoms with Crippen LogP contribution in [0.1, 0.15) is 44.7 Å². The number of piperidine rings is 1. The Morgan fingerprint density at radius 1 is 0.703 bits per heavy atom. The molecule has 0 radical (unpaired) electrons. The van der Waals surface area contributed by atoms with Gasteiger partial charge in [-0.05, 0) is 35.4 Å². The molecule has 1 spiro atoms. The maximum absolute atomic E-state index is 13.5. The van der Waals surface area contributed by atoms with Crippen LogP contribution in [0.15, 0.2) is 109 Å². The van der Waals surface area contributed by atoms with Crippen molar-refractivity contribution in [1.82, 2.24) is 4.90 Å². The van der Waals surface area contributed by atoms with E-state index < -0.39 is 5.60 Å². The largest absolute Gasteiger partial charge is 0.482 e. The standard InChI is InChI=1S/C33H27NO3/c35-31(25-11-5-2-6-12-25)28-13-7-8-14-29(28)32(36)34-21-19-33(20-22-34)18-17-27-23-26(15-16-30(27)37-33)24-9-3-1-4-10-24/h1-18,23H,19-22H2. The van der Waals surface area contributed by atoms with Crippen LogP contribution >= 0.6 is 0 Å². The summed E-state index contributed by atoms with van der Waals surface area (Å²) in [6, 6.07) is 32.8. The number of ketones is 1. The fraction of sp³-hybridized carbons (Fsp3) is 0.152. The molecule has 0 N–H and O–H groups in total. The van der Waals surface area contributed by atoms with Crippen molar-refractivity contribution < 1.29 is 14.3 Å². The lowest BCUT2D eigenvalue weighted by Crippen LogP contribution is -2.49. The van der Waals surface area contributed by atoms with Crippen LogP contribution in [0.5, 0.6) is 5.75 Å². The lowest BCUT2D eigenvalue weighted by Gasteiger charge is -2.42. The quantitative estimate of drug-likeness (QED) is 0.304. The molecule has 182 valence electrons. The molecule has 0 aromatic heterocycles. The Morgan fingerprint density at radius 3 is 2.08 bits per heavy atom. The summed E-state index contributed by atoms with van der Waals surface area (Å²) in [5.74, 6) is 0.631. The highest BCUT2D eigenvalue weighted by Gasteiger charge is 2.38. The summed E-state index contributed by atoms with van der Waals surface area (Å²) in [5, 5.41) is 0. The number of hydrogen-bond acceptors (Lipinski definition) is 3. The molecule has 4 nitrogen and oxygen atoms in total. The van der Waals surface area contributed by atoms with Crippen molar-refractivity contribution in [3.8, 4) is 16.9 Å². The number of hydrogen-bond donors (Lipinski definition) is 0. The molecular weight excluding hydrogens is 458 g/mol. The summed E-state index contributed by atoms with van der Waals surface area (Å²) in [6.07, 6.45) is 5.70. The average molecular weight is 486 g/mol. The number of carbonyl (C=O) groups excluding carboxylic acids is 2. The van der Waals surface area contributed by atoms with E-state index in [1.165, 1.54) is 5.56 Å². The van der Waals surface area contributed by atoms with Gasteiger partial charge in [-0.15, -0.1) is 0 Å². The van der Waals surface area contributed by atoms with Crippen LogP contribution in [0.25, 0.3) is 17.2 Å². The topological polar surface area (TPSA) is 46.6 Å². The molecule has 1 fully saturated rings. The minimum absolute atomic E-state index is 0.109. The summed E-state index contributed by atoms with van der Waals surface area (Å²) < 4.78 is 6.53. The van der Waals surface area contributed by atoms with E-state index in [1.807, 2.05) is 53.4 Å².